The summed E-state index contributed by atoms with van der Waals surface area (Å²) in [5.74, 6) is -1.08. The molecule has 2 unspecified atom stereocenters. The molecule has 0 aromatic heterocycles. The normalized spacial score (nSPS) is 20.7. The third-order valence-corrected chi connectivity index (χ3v) is 12.2. The molecule has 0 bridgehead atoms. The number of nitrogens with one attached hydrogen (secondary N) is 2. The van der Waals surface area contributed by atoms with Crippen LogP contribution in [0.25, 0.3) is 0 Å². The molecule has 2 aromatic rings. The van der Waals surface area contributed by atoms with Gasteiger partial charge in [-0.3, -0.25) is 9.59 Å². The number of nitrogens with zero attached hydrogens (tertiary/aromatic N) is 2. The molecular weight excluding hydrogens is 601 g/mol. The summed E-state index contributed by atoms with van der Waals surface area (Å²) in [5, 5.41) is 9.46. The Labute approximate surface area is 262 Å². The molecule has 2 N–H and O–H groups in total. The summed E-state index contributed by atoms with van der Waals surface area (Å²) in [6.45, 7) is 7.64. The highest BCUT2D eigenvalue weighted by atomic mass is 32.2. The van der Waals surface area contributed by atoms with E-state index in [0.29, 0.717) is 0 Å². The van der Waals surface area contributed by atoms with Crippen LogP contribution in [0.1, 0.15) is 62.8 Å². The molecule has 4 rings (SSSR count). The van der Waals surface area contributed by atoms with Crippen LogP contribution in [0.5, 0.6) is 0 Å². The Morgan fingerprint density at radius 2 is 0.955 bits per heavy atom. The van der Waals surface area contributed by atoms with E-state index in [1.807, 2.05) is 64.1 Å². The number of carbonyl (C=O) groups is 2. The van der Waals surface area contributed by atoms with Gasteiger partial charge in [-0.2, -0.15) is 0 Å². The van der Waals surface area contributed by atoms with E-state index in [0.717, 1.165) is 59.3 Å². The third-order valence-electron chi connectivity index (χ3n) is 8.73. The zero-order valence-corrected chi connectivity index (χ0v) is 27.9. The molecule has 44 heavy (non-hydrogen) atoms. The Morgan fingerprint density at radius 1 is 0.636 bits per heavy atom. The minimum absolute atomic E-state index is 0.0266. The van der Waals surface area contributed by atoms with Gasteiger partial charge in [0.2, 0.25) is 11.8 Å². The second kappa shape index (κ2) is 14.5. The zero-order valence-electron chi connectivity index (χ0n) is 26.3. The zero-order chi connectivity index (χ0) is 32.1. The number of para-hydroxylation sites is 2. The molecule has 2 amide bonds. The van der Waals surface area contributed by atoms with Crippen LogP contribution in [-0.2, 0) is 54.9 Å². The average molecular weight is 647 g/mol. The standard InChI is InChI=1S/C32H46N4O6S2/c1-5-23-11-9-12-24(6-2)31(23)33-29(37)19-35(27-15-17-43(39,40)21-27)36(28-16-18-44(41,42)22-28)20-30(38)34-32-25(7-3)13-10-14-26(32)8-4/h9-14,27-28H,5-8,15-22H2,1-4H3,(H,33,37)(H,34,38). The Hall–Kier alpha value is -2.80. The maximum atomic E-state index is 13.7. The summed E-state index contributed by atoms with van der Waals surface area (Å²) in [7, 11) is -6.70. The summed E-state index contributed by atoms with van der Waals surface area (Å²) in [4.78, 5) is 27.4. The van der Waals surface area contributed by atoms with Crippen LogP contribution in [0.2, 0.25) is 0 Å². The first-order chi connectivity index (χ1) is 20.9. The fourth-order valence-corrected chi connectivity index (χ4v) is 9.78. The van der Waals surface area contributed by atoms with Crippen LogP contribution in [0.3, 0.4) is 0 Å². The lowest BCUT2D eigenvalue weighted by atomic mass is 10.0. The monoisotopic (exact) mass is 646 g/mol. The van der Waals surface area contributed by atoms with E-state index in [-0.39, 0.29) is 60.8 Å². The molecule has 2 heterocycles. The third kappa shape index (κ3) is 8.26. The van der Waals surface area contributed by atoms with Crippen molar-refractivity contribution < 1.29 is 26.4 Å². The lowest BCUT2D eigenvalue weighted by Crippen LogP contribution is -2.58. The maximum absolute atomic E-state index is 13.7. The number of carbonyl (C=O) groups excluding carboxylic acids is 2. The summed E-state index contributed by atoms with van der Waals surface area (Å²) >= 11 is 0. The predicted octanol–water partition coefficient (Wildman–Crippen LogP) is 3.41. The molecule has 2 atom stereocenters. The van der Waals surface area contributed by atoms with Crippen LogP contribution in [0.4, 0.5) is 11.4 Å². The Morgan fingerprint density at radius 3 is 1.20 bits per heavy atom. The van der Waals surface area contributed by atoms with Crippen molar-refractivity contribution in [2.45, 2.75) is 78.3 Å². The Kier molecular flexibility index (Phi) is 11.3. The molecule has 0 spiro atoms. The van der Waals surface area contributed by atoms with Gasteiger partial charge in [-0.15, -0.1) is 0 Å². The number of aryl methyl sites for hydroxylation is 4. The lowest BCUT2D eigenvalue weighted by Gasteiger charge is -2.41. The number of amides is 2. The first-order valence-corrected chi connectivity index (χ1v) is 19.3. The minimum atomic E-state index is -3.35. The smallest absolute Gasteiger partial charge is 0.240 e. The molecule has 2 saturated heterocycles. The molecular formula is C32H46N4O6S2. The van der Waals surface area contributed by atoms with Gasteiger partial charge >= 0.3 is 0 Å². The van der Waals surface area contributed by atoms with Gasteiger partial charge < -0.3 is 10.6 Å². The van der Waals surface area contributed by atoms with Crippen molar-refractivity contribution in [3.63, 3.8) is 0 Å². The van der Waals surface area contributed by atoms with Gasteiger partial charge in [-0.25, -0.2) is 26.9 Å². The molecule has 0 saturated carbocycles. The summed E-state index contributed by atoms with van der Waals surface area (Å²) in [5.41, 5.74) is 5.47. The number of rotatable bonds is 13. The number of hydrazine groups is 1. The molecule has 242 valence electrons. The van der Waals surface area contributed by atoms with Crippen LogP contribution in [0, 0.1) is 0 Å². The molecule has 12 heteroatoms. The quantitative estimate of drug-likeness (QED) is 0.317. The highest BCUT2D eigenvalue weighted by Gasteiger charge is 2.42. The topological polar surface area (TPSA) is 133 Å². The van der Waals surface area contributed by atoms with E-state index in [1.165, 1.54) is 0 Å². The Balaban J connectivity index is 1.68. The number of hydrogen-bond donors (Lipinski definition) is 2. The maximum Gasteiger partial charge on any atom is 0.240 e. The van der Waals surface area contributed by atoms with Gasteiger partial charge in [0.25, 0.3) is 0 Å². The van der Waals surface area contributed by atoms with E-state index in [2.05, 4.69) is 10.6 Å². The van der Waals surface area contributed by atoms with Crippen LogP contribution < -0.4 is 10.6 Å². The first-order valence-electron chi connectivity index (χ1n) is 15.6. The van der Waals surface area contributed by atoms with Gasteiger partial charge in [0, 0.05) is 23.5 Å². The molecule has 0 radical (unpaired) electrons. The predicted molar refractivity (Wildman–Crippen MR) is 175 cm³/mol. The molecule has 0 aliphatic carbocycles. The van der Waals surface area contributed by atoms with E-state index in [4.69, 9.17) is 0 Å². The van der Waals surface area contributed by atoms with E-state index >= 15 is 0 Å². The average Bonchev–Trinajstić information content (AvgIpc) is 3.54. The highest BCUT2D eigenvalue weighted by Crippen LogP contribution is 2.28. The number of anilines is 2. The van der Waals surface area contributed by atoms with E-state index in [1.54, 1.807) is 10.0 Å². The van der Waals surface area contributed by atoms with Crippen molar-refractivity contribution in [1.82, 2.24) is 10.0 Å². The number of hydrogen-bond acceptors (Lipinski definition) is 8. The van der Waals surface area contributed by atoms with Crippen LogP contribution in [0.15, 0.2) is 36.4 Å². The lowest BCUT2D eigenvalue weighted by molar-refractivity contribution is -0.137. The molecule has 10 nitrogen and oxygen atoms in total. The van der Waals surface area contributed by atoms with Crippen molar-refractivity contribution in [2.24, 2.45) is 0 Å². The first kappa shape index (κ1) is 34.1. The van der Waals surface area contributed by atoms with Crippen molar-refractivity contribution in [2.75, 3.05) is 46.7 Å². The van der Waals surface area contributed by atoms with Gasteiger partial charge in [-0.05, 0) is 60.8 Å². The van der Waals surface area contributed by atoms with Gasteiger partial charge in [0.15, 0.2) is 19.7 Å². The van der Waals surface area contributed by atoms with Crippen molar-refractivity contribution in [3.05, 3.63) is 58.7 Å². The largest absolute Gasteiger partial charge is 0.324 e. The van der Waals surface area contributed by atoms with Gasteiger partial charge in [0.1, 0.15) is 0 Å². The Bertz CT molecular complexity index is 1410. The van der Waals surface area contributed by atoms with Crippen molar-refractivity contribution >= 4 is 42.9 Å². The minimum Gasteiger partial charge on any atom is -0.324 e. The highest BCUT2D eigenvalue weighted by molar-refractivity contribution is 7.91. The second-order valence-electron chi connectivity index (χ2n) is 11.7. The SMILES string of the molecule is CCc1cccc(CC)c1NC(=O)CN(C1CCS(=O)(=O)C1)N(CC(=O)Nc1c(CC)cccc1CC)C1CCS(=O)(=O)C1. The van der Waals surface area contributed by atoms with Crippen molar-refractivity contribution in [1.29, 1.82) is 0 Å². The van der Waals surface area contributed by atoms with Crippen LogP contribution >= 0.6 is 0 Å². The van der Waals surface area contributed by atoms with Crippen molar-refractivity contribution in [3.8, 4) is 0 Å². The number of benzene rings is 2. The summed E-state index contributed by atoms with van der Waals surface area (Å²) in [6.07, 6.45) is 3.46. The number of sulfone groups is 2. The van der Waals surface area contributed by atoms with E-state index < -0.39 is 31.8 Å². The summed E-state index contributed by atoms with van der Waals surface area (Å²) < 4.78 is 50.5. The molecule has 2 aliphatic heterocycles. The molecule has 2 fully saturated rings. The molecule has 2 aliphatic rings. The summed E-state index contributed by atoms with van der Waals surface area (Å²) in [6, 6.07) is 10.7. The van der Waals surface area contributed by atoms with Gasteiger partial charge in [0.05, 0.1) is 36.1 Å². The molecule has 2 aromatic carbocycles. The van der Waals surface area contributed by atoms with Gasteiger partial charge in [-0.1, -0.05) is 64.1 Å². The van der Waals surface area contributed by atoms with E-state index in [9.17, 15) is 26.4 Å². The fraction of sp³-hybridized carbons (Fsp3) is 0.562. The fourth-order valence-electron chi connectivity index (χ4n) is 6.34. The van der Waals surface area contributed by atoms with Crippen LogP contribution in [-0.4, -0.2) is 86.9 Å². The second-order valence-corrected chi connectivity index (χ2v) is 16.2.